The van der Waals surface area contributed by atoms with Gasteiger partial charge in [-0.15, -0.1) is 44.3 Å². The summed E-state index contributed by atoms with van der Waals surface area (Å²) in [7, 11) is -33.4. The van der Waals surface area contributed by atoms with Gasteiger partial charge in [-0.25, -0.2) is 32.4 Å². The Morgan fingerprint density at radius 3 is 1.12 bits per heavy atom. The van der Waals surface area contributed by atoms with Crippen LogP contribution in [0.15, 0.2) is 24.3 Å². The summed E-state index contributed by atoms with van der Waals surface area (Å²) in [6.45, 7) is 5.00. The van der Waals surface area contributed by atoms with Crippen LogP contribution in [0.1, 0.15) is 38.5 Å². The average molecular weight is 973 g/mol. The lowest BCUT2D eigenvalue weighted by Gasteiger charge is -2.40. The fraction of sp³-hybridized carbons (Fsp3) is 0.667. The van der Waals surface area contributed by atoms with Crippen LogP contribution in [0, 0.1) is 0 Å². The molecule has 10 N–H and O–H groups in total. The van der Waals surface area contributed by atoms with E-state index in [9.17, 15) is 39.2 Å². The van der Waals surface area contributed by atoms with Crippen LogP contribution in [0.3, 0.4) is 0 Å². The van der Waals surface area contributed by atoms with Gasteiger partial charge in [-0.3, -0.25) is 48.9 Å². The van der Waals surface area contributed by atoms with Crippen LogP contribution in [-0.2, 0) is 36.4 Å². The summed E-state index contributed by atoms with van der Waals surface area (Å²) >= 11 is 0. The molecule has 56 heavy (non-hydrogen) atoms. The van der Waals surface area contributed by atoms with Crippen molar-refractivity contribution >= 4 is 66.4 Å². The van der Waals surface area contributed by atoms with E-state index in [4.69, 9.17) is 66.6 Å². The highest BCUT2D eigenvalue weighted by Crippen LogP contribution is 2.77. The van der Waals surface area contributed by atoms with Crippen LogP contribution in [0.5, 0.6) is 0 Å². The normalized spacial score (nSPS) is 19.2. The quantitative estimate of drug-likeness (QED) is 0.0770. The molecule has 2 aromatic rings. The van der Waals surface area contributed by atoms with Gasteiger partial charge in [-0.1, -0.05) is 16.4 Å². The summed E-state index contributed by atoms with van der Waals surface area (Å²) in [6, 6.07) is 6.59. The highest BCUT2D eigenvalue weighted by molar-refractivity contribution is 7.71. The first-order chi connectivity index (χ1) is 25.1. The minimum atomic E-state index is -5.20. The number of nitrogens with zero attached hydrogens (tertiary/aromatic N) is 6. The molecule has 3 aliphatic heterocycles. The lowest BCUT2D eigenvalue weighted by atomic mass is 10.3. The van der Waals surface area contributed by atoms with Crippen molar-refractivity contribution in [3.05, 3.63) is 24.3 Å². The summed E-state index contributed by atoms with van der Waals surface area (Å²) in [6.07, 6.45) is 6.30. The Morgan fingerprint density at radius 2 is 0.839 bits per heavy atom. The van der Waals surface area contributed by atoms with Gasteiger partial charge in [0.05, 0.1) is 0 Å². The molecule has 38 heteroatoms. The average Bonchev–Trinajstić information content (AvgIpc) is 3.80. The molecule has 0 spiro atoms. The van der Waals surface area contributed by atoms with E-state index in [0.29, 0.717) is 15.9 Å². The van der Waals surface area contributed by atoms with Gasteiger partial charge >= 0.3 is 55.4 Å². The molecule has 330 valence electrons. The fourth-order valence-electron chi connectivity index (χ4n) is 4.68. The van der Waals surface area contributed by atoms with Gasteiger partial charge in [-0.2, -0.15) is 0 Å². The Labute approximate surface area is 313 Å². The van der Waals surface area contributed by atoms with Crippen LogP contribution in [0.2, 0.25) is 0 Å². The maximum Gasteiger partial charge on any atom is 0.549 e. The molecule has 5 rings (SSSR count). The van der Waals surface area contributed by atoms with Gasteiger partial charge in [0.2, 0.25) is 0 Å². The molecule has 1 aromatic carbocycles. The summed E-state index contributed by atoms with van der Waals surface area (Å²) in [5.74, 6) is 0. The number of fused-ring (bicyclic) bond motifs is 1. The molecule has 2 atom stereocenters. The van der Waals surface area contributed by atoms with Crippen molar-refractivity contribution in [1.29, 1.82) is 0 Å². The molecule has 0 radical (unpaired) electrons. The van der Waals surface area contributed by atoms with Gasteiger partial charge in [0, 0.05) is 39.3 Å². The van der Waals surface area contributed by atoms with Crippen molar-refractivity contribution in [3.8, 4) is 0 Å². The lowest BCUT2D eigenvalue weighted by Crippen LogP contribution is -2.43. The number of halogens is 6. The SMILES string of the molecule is O=P(O)(F)OOn1nnc2ccccc21.O=P(O)(F)O[P+](N1CCCC1)(N1CCCC1)N1CCCC1.O=P(O)(O)F.O=P(O)(O)F.O=P(O)(O)F.O=P(O)(O)F. The minimum Gasteiger partial charge on any atom is -0.299 e. The van der Waals surface area contributed by atoms with Crippen LogP contribution in [-0.4, -0.2) is 117 Å². The third kappa shape index (κ3) is 29.4. The first kappa shape index (κ1) is 55.2. The second-order valence-corrected chi connectivity index (χ2v) is 19.6. The van der Waals surface area contributed by atoms with Crippen molar-refractivity contribution < 1.29 is 115 Å². The summed E-state index contributed by atoms with van der Waals surface area (Å²) in [4.78, 5) is 78.1. The molecule has 25 nitrogen and oxygen atoms in total. The third-order valence-corrected chi connectivity index (χ3v) is 11.4. The van der Waals surface area contributed by atoms with E-state index in [1.54, 1.807) is 24.3 Å². The molecule has 1 aromatic heterocycles. The van der Waals surface area contributed by atoms with Crippen molar-refractivity contribution in [1.82, 2.24) is 29.2 Å². The molecule has 0 bridgehead atoms. The van der Waals surface area contributed by atoms with E-state index in [2.05, 4.69) is 34.0 Å². The number of benzene rings is 1. The molecule has 0 saturated carbocycles. The number of hydrogen-bond donors (Lipinski definition) is 10. The van der Waals surface area contributed by atoms with Crippen LogP contribution in [0.25, 0.3) is 11.0 Å². The molecule has 0 aliphatic carbocycles. The van der Waals surface area contributed by atoms with Gasteiger partial charge in [0.25, 0.3) is 0 Å². The largest absolute Gasteiger partial charge is 0.549 e. The smallest absolute Gasteiger partial charge is 0.299 e. The molecule has 0 amide bonds. The van der Waals surface area contributed by atoms with Gasteiger partial charge in [-0.05, 0) is 65.4 Å². The molecule has 3 fully saturated rings. The predicted octanol–water partition coefficient (Wildman–Crippen LogP) is 4.09. The molecule has 2 unspecified atom stereocenters. The second kappa shape index (κ2) is 23.9. The molecular formula is C18H38F6N6O19P7+. The minimum absolute atomic E-state index is 0.381. The topological polar surface area (TPSA) is 373 Å². The van der Waals surface area contributed by atoms with Gasteiger partial charge in [0.15, 0.2) is 0 Å². The maximum atomic E-state index is 13.7. The Bertz CT molecular complexity index is 1600. The first-order valence-electron chi connectivity index (χ1n) is 14.7. The Morgan fingerprint density at radius 1 is 0.536 bits per heavy atom. The molecule has 3 aliphatic rings. The molecular weight excluding hydrogens is 935 g/mol. The number of para-hydroxylation sites is 1. The van der Waals surface area contributed by atoms with E-state index in [0.717, 1.165) is 77.8 Å². The lowest BCUT2D eigenvalue weighted by molar-refractivity contribution is -0.227. The summed E-state index contributed by atoms with van der Waals surface area (Å²) < 4.78 is 139. The van der Waals surface area contributed by atoms with Crippen LogP contribution < -0.4 is 4.99 Å². The second-order valence-electron chi connectivity index (χ2n) is 10.5. The van der Waals surface area contributed by atoms with Crippen molar-refractivity contribution in [3.63, 3.8) is 0 Å². The highest BCUT2D eigenvalue weighted by Gasteiger charge is 2.64. The van der Waals surface area contributed by atoms with E-state index < -0.39 is 55.4 Å². The zero-order valence-corrected chi connectivity index (χ0v) is 34.3. The number of aromatic nitrogens is 3. The predicted molar refractivity (Wildman–Crippen MR) is 180 cm³/mol. The summed E-state index contributed by atoms with van der Waals surface area (Å²) in [5, 5.41) is 7.05. The van der Waals surface area contributed by atoms with Crippen LogP contribution in [0.4, 0.5) is 25.2 Å². The monoisotopic (exact) mass is 973 g/mol. The Hall–Kier alpha value is -0.790. The zero-order valence-electron chi connectivity index (χ0n) is 28.0. The van der Waals surface area contributed by atoms with Gasteiger partial charge in [0.1, 0.15) is 11.0 Å². The van der Waals surface area contributed by atoms with E-state index in [1.165, 1.54) is 0 Å². The van der Waals surface area contributed by atoms with Crippen molar-refractivity contribution in [2.75, 3.05) is 39.3 Å². The van der Waals surface area contributed by atoms with Crippen molar-refractivity contribution in [2.45, 2.75) is 38.5 Å². The van der Waals surface area contributed by atoms with Gasteiger partial charge < -0.3 is 0 Å². The van der Waals surface area contributed by atoms with Crippen molar-refractivity contribution in [2.24, 2.45) is 0 Å². The zero-order chi connectivity index (χ0) is 43.8. The highest BCUT2D eigenvalue weighted by atomic mass is 31.3. The molecule has 4 heterocycles. The summed E-state index contributed by atoms with van der Waals surface area (Å²) in [5.41, 5.74) is 0.860. The number of rotatable bonds is 8. The van der Waals surface area contributed by atoms with E-state index in [1.807, 2.05) is 0 Å². The Balaban J connectivity index is 0.000000749. The fourth-order valence-corrected chi connectivity index (χ4v) is 10.6. The van der Waals surface area contributed by atoms with E-state index in [-0.39, 0.29) is 0 Å². The van der Waals surface area contributed by atoms with Crippen LogP contribution >= 0.6 is 55.4 Å². The maximum absolute atomic E-state index is 13.7. The Kier molecular flexibility index (Phi) is 23.5. The molecule has 3 saturated heterocycles. The standard InChI is InChI=1S/C12H24FN3O3P2.C6H5FN3O4P.4FH2O3P/c13-20(17,18)19-21(14-7-1-2-8-14,15-9-3-4-10-15)16-11-5-6-12-16;7-15(11,12)14-13-10-6-4-2-1-3-5(6)8-9-10;4*1-5(2,3)4/h1-12H2;1-4H,(H,11,12);4*(H2,2,3,4)/p+1. The first-order valence-corrected chi connectivity index (χ1v) is 25.2. The van der Waals surface area contributed by atoms with E-state index >= 15 is 0 Å². The third-order valence-electron chi connectivity index (χ3n) is 6.08. The number of hydrogen-bond acceptors (Lipinski definition) is 14.